The number of aliphatic hydroxyl groups is 1. The number of nitrogens with zero attached hydrogens (tertiary/aromatic N) is 2. The van der Waals surface area contributed by atoms with Crippen molar-refractivity contribution in [3.8, 4) is 11.8 Å². The van der Waals surface area contributed by atoms with Crippen LogP contribution in [0.25, 0.3) is 0 Å². The van der Waals surface area contributed by atoms with Gasteiger partial charge in [0.25, 0.3) is 5.91 Å². The van der Waals surface area contributed by atoms with Gasteiger partial charge in [-0.25, -0.2) is 13.3 Å². The zero-order chi connectivity index (χ0) is 20.4. The maximum Gasteiger partial charge on any atom is 0.276 e. The highest BCUT2D eigenvalue weighted by Crippen LogP contribution is 2.31. The molecular weight excluding hydrogens is 387 g/mol. The fraction of sp³-hybridized carbons (Fsp3) is 0.222. The van der Waals surface area contributed by atoms with Crippen LogP contribution >= 0.6 is 0 Å². The molecule has 3 unspecified atom stereocenters. The second-order valence-electron chi connectivity index (χ2n) is 6.07. The van der Waals surface area contributed by atoms with E-state index in [0.717, 1.165) is 6.07 Å². The largest absolute Gasteiger partial charge is 0.488 e. The van der Waals surface area contributed by atoms with Crippen LogP contribution in [-0.4, -0.2) is 38.5 Å². The van der Waals surface area contributed by atoms with E-state index in [1.807, 2.05) is 0 Å². The summed E-state index contributed by atoms with van der Waals surface area (Å²) >= 11 is 0. The number of ether oxygens (including phenoxy) is 1. The number of aliphatic hydroxyl groups excluding tert-OH is 1. The van der Waals surface area contributed by atoms with Crippen LogP contribution in [0.1, 0.15) is 16.1 Å². The first-order valence-corrected chi connectivity index (χ1v) is 9.32. The van der Waals surface area contributed by atoms with Crippen molar-refractivity contribution in [3.63, 3.8) is 0 Å². The molecular formula is C18H17FN4O4S. The fourth-order valence-corrected chi connectivity index (χ4v) is 3.92. The Bertz CT molecular complexity index is 1010. The molecule has 8 nitrogen and oxygen atoms in total. The monoisotopic (exact) mass is 404 g/mol. The standard InChI is InChI=1S/C18H17FN4O4S/c1-3-14(24)13-9-27-17-15(28(26)22-13)8-23(2)16(17)18(25)21-11-4-5-12(19)10(6-11)7-20/h3-6,8,13-14,22,24H,1,9H2,2H3,(H,21,25). The van der Waals surface area contributed by atoms with Crippen LogP contribution in [0.5, 0.6) is 5.75 Å². The zero-order valence-corrected chi connectivity index (χ0v) is 15.6. The van der Waals surface area contributed by atoms with Gasteiger partial charge in [0.1, 0.15) is 34.4 Å². The summed E-state index contributed by atoms with van der Waals surface area (Å²) in [6.07, 6.45) is 1.80. The van der Waals surface area contributed by atoms with Gasteiger partial charge in [0.2, 0.25) is 0 Å². The molecule has 0 saturated carbocycles. The molecule has 1 aromatic carbocycles. The molecule has 1 aromatic heterocycles. The van der Waals surface area contributed by atoms with E-state index in [1.165, 1.54) is 29.0 Å². The molecule has 0 aliphatic carbocycles. The number of nitrogens with one attached hydrogen (secondary N) is 2. The van der Waals surface area contributed by atoms with Crippen molar-refractivity contribution in [2.75, 3.05) is 11.9 Å². The second kappa shape index (κ2) is 7.93. The van der Waals surface area contributed by atoms with Gasteiger partial charge in [-0.05, 0) is 18.2 Å². The molecule has 0 spiro atoms. The minimum atomic E-state index is -1.72. The van der Waals surface area contributed by atoms with Crippen LogP contribution in [0.4, 0.5) is 10.1 Å². The van der Waals surface area contributed by atoms with E-state index in [4.69, 9.17) is 10.00 Å². The number of aryl methyl sites for hydroxylation is 1. The van der Waals surface area contributed by atoms with Crippen LogP contribution in [0.2, 0.25) is 0 Å². The molecule has 0 radical (unpaired) electrons. The number of carbonyl (C=O) groups is 1. The Hall–Kier alpha value is -3.00. The number of benzene rings is 1. The lowest BCUT2D eigenvalue weighted by Gasteiger charge is -2.18. The van der Waals surface area contributed by atoms with Gasteiger partial charge in [-0.15, -0.1) is 6.58 Å². The van der Waals surface area contributed by atoms with Crippen molar-refractivity contribution in [1.82, 2.24) is 9.29 Å². The van der Waals surface area contributed by atoms with E-state index in [9.17, 15) is 18.5 Å². The average Bonchev–Trinajstić information content (AvgIpc) is 2.93. The summed E-state index contributed by atoms with van der Waals surface area (Å²) < 4.78 is 35.9. The predicted octanol–water partition coefficient (Wildman–Crippen LogP) is 1.21. The third-order valence-electron chi connectivity index (χ3n) is 4.18. The van der Waals surface area contributed by atoms with Crippen molar-refractivity contribution in [2.24, 2.45) is 7.05 Å². The first-order chi connectivity index (χ1) is 13.3. The van der Waals surface area contributed by atoms with Crippen molar-refractivity contribution in [1.29, 1.82) is 5.26 Å². The molecule has 0 fully saturated rings. The van der Waals surface area contributed by atoms with Gasteiger partial charge in [0.05, 0.1) is 17.7 Å². The highest BCUT2D eigenvalue weighted by molar-refractivity contribution is 7.83. The number of amides is 1. The number of carbonyl (C=O) groups excluding carboxylic acids is 1. The first-order valence-electron chi connectivity index (χ1n) is 8.17. The van der Waals surface area contributed by atoms with Gasteiger partial charge in [0, 0.05) is 18.9 Å². The Morgan fingerprint density at radius 3 is 3.07 bits per heavy atom. The minimum Gasteiger partial charge on any atom is -0.488 e. The summed E-state index contributed by atoms with van der Waals surface area (Å²) in [5, 5.41) is 21.4. The summed E-state index contributed by atoms with van der Waals surface area (Å²) in [5.74, 6) is -1.16. The van der Waals surface area contributed by atoms with E-state index >= 15 is 0 Å². The third-order valence-corrected chi connectivity index (χ3v) is 5.39. The SMILES string of the molecule is C=CC(O)C1COc2c(cn(C)c2C(=O)Nc2ccc(F)c(C#N)c2)S(=O)N1. The van der Waals surface area contributed by atoms with Crippen molar-refractivity contribution >= 4 is 22.6 Å². The number of nitriles is 1. The highest BCUT2D eigenvalue weighted by Gasteiger charge is 2.32. The topological polar surface area (TPSA) is 116 Å². The van der Waals surface area contributed by atoms with Crippen LogP contribution < -0.4 is 14.8 Å². The van der Waals surface area contributed by atoms with E-state index in [2.05, 4.69) is 16.6 Å². The molecule has 1 aliphatic heterocycles. The highest BCUT2D eigenvalue weighted by atomic mass is 32.2. The summed E-state index contributed by atoms with van der Waals surface area (Å²) in [7, 11) is -0.133. The number of fused-ring (bicyclic) bond motifs is 1. The average molecular weight is 404 g/mol. The summed E-state index contributed by atoms with van der Waals surface area (Å²) in [5.41, 5.74) is 0.124. The molecule has 1 aliphatic rings. The minimum absolute atomic E-state index is 0.0364. The van der Waals surface area contributed by atoms with Crippen LogP contribution in [0.3, 0.4) is 0 Å². The first kappa shape index (κ1) is 19.8. The Morgan fingerprint density at radius 2 is 2.39 bits per heavy atom. The Morgan fingerprint density at radius 1 is 1.64 bits per heavy atom. The van der Waals surface area contributed by atoms with Crippen molar-refractivity contribution in [3.05, 3.63) is 54.1 Å². The van der Waals surface area contributed by atoms with Crippen LogP contribution in [-0.2, 0) is 18.0 Å². The molecule has 28 heavy (non-hydrogen) atoms. The van der Waals surface area contributed by atoms with E-state index in [0.29, 0.717) is 0 Å². The van der Waals surface area contributed by atoms with Crippen LogP contribution in [0.15, 0.2) is 41.9 Å². The molecule has 1 amide bonds. The molecule has 10 heteroatoms. The lowest BCUT2D eigenvalue weighted by molar-refractivity contribution is 0.101. The smallest absolute Gasteiger partial charge is 0.276 e. The Balaban J connectivity index is 1.90. The molecule has 2 aromatic rings. The van der Waals surface area contributed by atoms with E-state index < -0.39 is 34.9 Å². The molecule has 0 saturated heterocycles. The summed E-state index contributed by atoms with van der Waals surface area (Å²) in [4.78, 5) is 13.0. The quantitative estimate of drug-likeness (QED) is 0.663. The lowest BCUT2D eigenvalue weighted by atomic mass is 10.2. The number of hydrogen-bond acceptors (Lipinski definition) is 5. The predicted molar refractivity (Wildman–Crippen MR) is 99.5 cm³/mol. The van der Waals surface area contributed by atoms with Gasteiger partial charge < -0.3 is 19.7 Å². The number of aromatic nitrogens is 1. The van der Waals surface area contributed by atoms with Gasteiger partial charge >= 0.3 is 0 Å². The molecule has 2 heterocycles. The molecule has 3 rings (SSSR count). The molecule has 3 N–H and O–H groups in total. The number of rotatable bonds is 4. The molecule has 3 atom stereocenters. The van der Waals surface area contributed by atoms with Gasteiger partial charge in [-0.1, -0.05) is 6.08 Å². The van der Waals surface area contributed by atoms with Gasteiger partial charge in [-0.3, -0.25) is 4.79 Å². The maximum atomic E-state index is 13.5. The maximum absolute atomic E-state index is 13.5. The Kier molecular flexibility index (Phi) is 5.60. The Labute approximate surface area is 162 Å². The van der Waals surface area contributed by atoms with Gasteiger partial charge in [0.15, 0.2) is 11.4 Å². The fourth-order valence-electron chi connectivity index (χ4n) is 2.73. The summed E-state index contributed by atoms with van der Waals surface area (Å²) in [6.45, 7) is 3.46. The normalized spacial score (nSPS) is 19.5. The third kappa shape index (κ3) is 3.68. The van der Waals surface area contributed by atoms with Crippen molar-refractivity contribution in [2.45, 2.75) is 17.0 Å². The number of halogens is 1. The number of anilines is 1. The zero-order valence-electron chi connectivity index (χ0n) is 14.8. The second-order valence-corrected chi connectivity index (χ2v) is 7.29. The van der Waals surface area contributed by atoms with E-state index in [-0.39, 0.29) is 34.2 Å². The van der Waals surface area contributed by atoms with Gasteiger partial charge in [-0.2, -0.15) is 5.26 Å². The summed E-state index contributed by atoms with van der Waals surface area (Å²) in [6, 6.07) is 4.66. The number of hydrogen-bond donors (Lipinski definition) is 3. The van der Waals surface area contributed by atoms with E-state index in [1.54, 1.807) is 13.1 Å². The molecule has 0 bridgehead atoms. The van der Waals surface area contributed by atoms with Crippen molar-refractivity contribution < 1.29 is 23.2 Å². The van der Waals surface area contributed by atoms with Crippen LogP contribution in [0, 0.1) is 17.1 Å². The molecule has 146 valence electrons. The lowest BCUT2D eigenvalue weighted by Crippen LogP contribution is -2.42.